The normalized spacial score (nSPS) is 11.3. The second-order valence-corrected chi connectivity index (χ2v) is 7.31. The van der Waals surface area contributed by atoms with Crippen molar-refractivity contribution in [3.8, 4) is 0 Å². The third-order valence-corrected chi connectivity index (χ3v) is 4.74. The number of nitro benzene ring substituents is 1. The first kappa shape index (κ1) is 22.7. The molecule has 3 aromatic rings. The van der Waals surface area contributed by atoms with Gasteiger partial charge in [-0.1, -0.05) is 41.9 Å². The Morgan fingerprint density at radius 2 is 1.84 bits per heavy atom. The minimum atomic E-state index is -1.29. The first-order chi connectivity index (χ1) is 15.3. The summed E-state index contributed by atoms with van der Waals surface area (Å²) in [6, 6.07) is 15.2. The standard InChI is InChI=1S/C22H19ClN4O5/c1-26(2)19-12-15(10-11-24-19)22(29)32-20(14-6-4-3-5-7-14)21(28)25-18-9-8-16(27(30)31)13-17(18)23/h3-13,20H,1-2H3,(H,25,28). The van der Waals surface area contributed by atoms with Gasteiger partial charge in [0.15, 0.2) is 0 Å². The number of hydrogen-bond acceptors (Lipinski definition) is 7. The first-order valence-electron chi connectivity index (χ1n) is 9.40. The van der Waals surface area contributed by atoms with E-state index < -0.39 is 22.9 Å². The quantitative estimate of drug-likeness (QED) is 0.322. The number of anilines is 2. The lowest BCUT2D eigenvalue weighted by Gasteiger charge is -2.19. The van der Waals surface area contributed by atoms with Crippen molar-refractivity contribution in [3.05, 3.63) is 93.1 Å². The predicted octanol–water partition coefficient (Wildman–Crippen LogP) is 4.25. The van der Waals surface area contributed by atoms with E-state index in [1.807, 2.05) is 0 Å². The summed E-state index contributed by atoms with van der Waals surface area (Å²) >= 11 is 6.08. The molecule has 32 heavy (non-hydrogen) atoms. The zero-order chi connectivity index (χ0) is 23.3. The number of pyridine rings is 1. The number of amides is 1. The Morgan fingerprint density at radius 3 is 2.47 bits per heavy atom. The first-order valence-corrected chi connectivity index (χ1v) is 9.78. The number of nitrogens with one attached hydrogen (secondary N) is 1. The predicted molar refractivity (Wildman–Crippen MR) is 120 cm³/mol. The van der Waals surface area contributed by atoms with E-state index in [0.29, 0.717) is 11.4 Å². The van der Waals surface area contributed by atoms with Crippen molar-refractivity contribution in [2.24, 2.45) is 0 Å². The maximum atomic E-state index is 13.0. The number of halogens is 1. The smallest absolute Gasteiger partial charge is 0.339 e. The molecule has 0 saturated heterocycles. The number of carbonyl (C=O) groups is 2. The molecule has 164 valence electrons. The third kappa shape index (κ3) is 5.38. The number of esters is 1. The molecule has 1 N–H and O–H groups in total. The molecule has 1 aromatic heterocycles. The van der Waals surface area contributed by atoms with Gasteiger partial charge < -0.3 is 15.0 Å². The maximum Gasteiger partial charge on any atom is 0.339 e. The second kappa shape index (κ2) is 9.88. The number of rotatable bonds is 7. The summed E-state index contributed by atoms with van der Waals surface area (Å²) in [6.07, 6.45) is 0.186. The second-order valence-electron chi connectivity index (χ2n) is 6.90. The molecule has 1 unspecified atom stereocenters. The number of carbonyl (C=O) groups excluding carboxylic acids is 2. The molecule has 1 atom stereocenters. The molecular formula is C22H19ClN4O5. The minimum absolute atomic E-state index is 0.0181. The van der Waals surface area contributed by atoms with E-state index in [0.717, 1.165) is 6.07 Å². The number of hydrogen-bond donors (Lipinski definition) is 1. The summed E-state index contributed by atoms with van der Waals surface area (Å²) < 4.78 is 5.54. The van der Waals surface area contributed by atoms with Crippen molar-refractivity contribution >= 4 is 40.7 Å². The Labute approximate surface area is 188 Å². The fourth-order valence-electron chi connectivity index (χ4n) is 2.78. The van der Waals surface area contributed by atoms with Gasteiger partial charge in [-0.3, -0.25) is 14.9 Å². The average molecular weight is 455 g/mol. The molecule has 3 rings (SSSR count). The van der Waals surface area contributed by atoms with Crippen LogP contribution in [0.2, 0.25) is 5.02 Å². The van der Waals surface area contributed by atoms with Crippen molar-refractivity contribution in [1.29, 1.82) is 0 Å². The van der Waals surface area contributed by atoms with Crippen LogP contribution in [0.1, 0.15) is 22.0 Å². The Kier molecular flexibility index (Phi) is 7.01. The molecule has 10 heteroatoms. The van der Waals surface area contributed by atoms with Crippen molar-refractivity contribution in [2.45, 2.75) is 6.10 Å². The summed E-state index contributed by atoms with van der Waals surface area (Å²) in [6.45, 7) is 0. The fraction of sp³-hybridized carbons (Fsp3) is 0.136. The van der Waals surface area contributed by atoms with Gasteiger partial charge in [-0.2, -0.15) is 0 Å². The Morgan fingerprint density at radius 1 is 1.12 bits per heavy atom. The van der Waals surface area contributed by atoms with E-state index in [-0.39, 0.29) is 22.0 Å². The zero-order valence-corrected chi connectivity index (χ0v) is 17.9. The third-order valence-electron chi connectivity index (χ3n) is 4.43. The monoisotopic (exact) mass is 454 g/mol. The Hall–Kier alpha value is -3.98. The molecule has 0 spiro atoms. The molecule has 0 aliphatic heterocycles. The molecule has 0 saturated carbocycles. The lowest BCUT2D eigenvalue weighted by molar-refractivity contribution is -0.384. The van der Waals surface area contributed by atoms with E-state index in [1.54, 1.807) is 55.4 Å². The van der Waals surface area contributed by atoms with Crippen LogP contribution in [0.4, 0.5) is 17.2 Å². The highest BCUT2D eigenvalue weighted by molar-refractivity contribution is 6.34. The van der Waals surface area contributed by atoms with Crippen LogP contribution in [-0.4, -0.2) is 35.9 Å². The van der Waals surface area contributed by atoms with Crippen LogP contribution in [-0.2, 0) is 9.53 Å². The number of nitro groups is 1. The molecule has 9 nitrogen and oxygen atoms in total. The van der Waals surface area contributed by atoms with Gasteiger partial charge in [0.2, 0.25) is 6.10 Å². The van der Waals surface area contributed by atoms with Gasteiger partial charge in [0, 0.05) is 38.0 Å². The topological polar surface area (TPSA) is 115 Å². The van der Waals surface area contributed by atoms with Gasteiger partial charge in [-0.15, -0.1) is 0 Å². The van der Waals surface area contributed by atoms with E-state index in [2.05, 4.69) is 10.3 Å². The van der Waals surface area contributed by atoms with Crippen LogP contribution in [0.5, 0.6) is 0 Å². The minimum Gasteiger partial charge on any atom is -0.444 e. The maximum absolute atomic E-state index is 13.0. The number of nitrogens with zero attached hydrogens (tertiary/aromatic N) is 3. The van der Waals surface area contributed by atoms with Crippen molar-refractivity contribution in [3.63, 3.8) is 0 Å². The molecule has 2 aromatic carbocycles. The molecule has 0 aliphatic rings. The summed E-state index contributed by atoms with van der Waals surface area (Å²) in [7, 11) is 3.57. The molecule has 0 bridgehead atoms. The van der Waals surface area contributed by atoms with Gasteiger partial charge in [-0.25, -0.2) is 9.78 Å². The van der Waals surface area contributed by atoms with Crippen LogP contribution in [0.25, 0.3) is 0 Å². The molecule has 1 amide bonds. The Balaban J connectivity index is 1.87. The lowest BCUT2D eigenvalue weighted by atomic mass is 10.1. The van der Waals surface area contributed by atoms with Crippen molar-refractivity contribution in [2.75, 3.05) is 24.3 Å². The highest BCUT2D eigenvalue weighted by Gasteiger charge is 2.27. The van der Waals surface area contributed by atoms with Crippen LogP contribution >= 0.6 is 11.6 Å². The van der Waals surface area contributed by atoms with Crippen molar-refractivity contribution < 1.29 is 19.2 Å². The van der Waals surface area contributed by atoms with Gasteiger partial charge >= 0.3 is 5.97 Å². The SMILES string of the molecule is CN(C)c1cc(C(=O)OC(C(=O)Nc2ccc([N+](=O)[O-])cc2Cl)c2ccccc2)ccn1. The van der Waals surface area contributed by atoms with Crippen LogP contribution in [0, 0.1) is 10.1 Å². The molecular weight excluding hydrogens is 436 g/mol. The molecule has 0 fully saturated rings. The summed E-state index contributed by atoms with van der Waals surface area (Å²) in [4.78, 5) is 42.0. The van der Waals surface area contributed by atoms with Gasteiger partial charge in [0.25, 0.3) is 11.6 Å². The molecule has 0 aliphatic carbocycles. The van der Waals surface area contributed by atoms with E-state index in [4.69, 9.17) is 16.3 Å². The van der Waals surface area contributed by atoms with E-state index in [9.17, 15) is 19.7 Å². The number of benzene rings is 2. The Bertz CT molecular complexity index is 1150. The fourth-order valence-corrected chi connectivity index (χ4v) is 3.01. The van der Waals surface area contributed by atoms with Gasteiger partial charge in [-0.05, 0) is 18.2 Å². The summed E-state index contributed by atoms with van der Waals surface area (Å²) in [5, 5.41) is 13.4. The summed E-state index contributed by atoms with van der Waals surface area (Å²) in [5.74, 6) is -0.825. The number of non-ortho nitro benzene ring substituents is 1. The highest BCUT2D eigenvalue weighted by atomic mass is 35.5. The number of ether oxygens (including phenoxy) is 1. The lowest BCUT2D eigenvalue weighted by Crippen LogP contribution is -2.26. The van der Waals surface area contributed by atoms with Crippen LogP contribution < -0.4 is 10.2 Å². The number of aromatic nitrogens is 1. The molecule has 0 radical (unpaired) electrons. The average Bonchev–Trinajstić information content (AvgIpc) is 2.79. The van der Waals surface area contributed by atoms with Crippen LogP contribution in [0.15, 0.2) is 66.9 Å². The highest BCUT2D eigenvalue weighted by Crippen LogP contribution is 2.29. The van der Waals surface area contributed by atoms with Crippen LogP contribution in [0.3, 0.4) is 0 Å². The van der Waals surface area contributed by atoms with Gasteiger partial charge in [0.05, 0.1) is 21.2 Å². The molecule has 1 heterocycles. The zero-order valence-electron chi connectivity index (χ0n) is 17.2. The van der Waals surface area contributed by atoms with E-state index >= 15 is 0 Å². The van der Waals surface area contributed by atoms with Gasteiger partial charge in [0.1, 0.15) is 5.82 Å². The summed E-state index contributed by atoms with van der Waals surface area (Å²) in [5.41, 5.74) is 0.607. The van der Waals surface area contributed by atoms with Crippen molar-refractivity contribution in [1.82, 2.24) is 4.98 Å². The largest absolute Gasteiger partial charge is 0.444 e. The van der Waals surface area contributed by atoms with E-state index in [1.165, 1.54) is 24.4 Å².